The van der Waals surface area contributed by atoms with E-state index in [1.54, 1.807) is 7.11 Å². The molecule has 0 atom stereocenters. The molecule has 0 saturated carbocycles. The van der Waals surface area contributed by atoms with Gasteiger partial charge in [-0.05, 0) is 23.3 Å². The monoisotopic (exact) mass is 225 g/mol. The summed E-state index contributed by atoms with van der Waals surface area (Å²) in [6.07, 6.45) is 4.10. The van der Waals surface area contributed by atoms with E-state index in [0.29, 0.717) is 11.4 Å². The van der Waals surface area contributed by atoms with Gasteiger partial charge in [-0.3, -0.25) is 0 Å². The number of methoxy groups -OCH3 is 1. The molecule has 0 amide bonds. The van der Waals surface area contributed by atoms with Gasteiger partial charge in [0.05, 0.1) is 12.8 Å². The highest BCUT2D eigenvalue weighted by atomic mass is 16.5. The minimum atomic E-state index is 0.657. The Morgan fingerprint density at radius 1 is 0.941 bits per heavy atom. The predicted molar refractivity (Wildman–Crippen MR) is 72.8 cm³/mol. The fourth-order valence-corrected chi connectivity index (χ4v) is 1.59. The minimum absolute atomic E-state index is 0.657. The number of ether oxygens (including phenoxy) is 1. The standard InChI is InChI=1S/C15H15NO/c1-17-15-11-13(9-10-14(15)16)8-7-12-5-3-2-4-6-12/h2-11H,16H2,1H3/b8-7+. The number of hydrogen-bond acceptors (Lipinski definition) is 2. The summed E-state index contributed by atoms with van der Waals surface area (Å²) in [6, 6.07) is 15.9. The van der Waals surface area contributed by atoms with E-state index in [9.17, 15) is 0 Å². The number of hydrogen-bond donors (Lipinski definition) is 1. The molecule has 0 saturated heterocycles. The van der Waals surface area contributed by atoms with E-state index in [2.05, 4.69) is 18.2 Å². The summed E-state index contributed by atoms with van der Waals surface area (Å²) in [4.78, 5) is 0. The SMILES string of the molecule is COc1cc(/C=C/c2ccccc2)ccc1N. The first-order valence-corrected chi connectivity index (χ1v) is 5.46. The maximum Gasteiger partial charge on any atom is 0.142 e. The molecule has 0 unspecified atom stereocenters. The zero-order valence-corrected chi connectivity index (χ0v) is 9.76. The summed E-state index contributed by atoms with van der Waals surface area (Å²) < 4.78 is 5.18. The molecule has 0 bridgehead atoms. The molecule has 2 aromatic rings. The van der Waals surface area contributed by atoms with E-state index in [1.807, 2.05) is 42.5 Å². The van der Waals surface area contributed by atoms with Gasteiger partial charge in [0.15, 0.2) is 0 Å². The van der Waals surface area contributed by atoms with Crippen molar-refractivity contribution in [2.45, 2.75) is 0 Å². The molecule has 2 heteroatoms. The normalized spacial score (nSPS) is 10.6. The van der Waals surface area contributed by atoms with Crippen molar-refractivity contribution in [1.29, 1.82) is 0 Å². The number of anilines is 1. The van der Waals surface area contributed by atoms with Crippen LogP contribution < -0.4 is 10.5 Å². The van der Waals surface area contributed by atoms with Crippen LogP contribution in [0.2, 0.25) is 0 Å². The molecule has 0 fully saturated rings. The van der Waals surface area contributed by atoms with Crippen LogP contribution in [0.4, 0.5) is 5.69 Å². The summed E-state index contributed by atoms with van der Waals surface area (Å²) in [5.41, 5.74) is 8.65. The molecule has 0 spiro atoms. The second-order valence-corrected chi connectivity index (χ2v) is 3.75. The molecule has 0 aliphatic rings. The second kappa shape index (κ2) is 5.21. The Morgan fingerprint density at radius 2 is 1.65 bits per heavy atom. The first-order chi connectivity index (χ1) is 8.29. The van der Waals surface area contributed by atoms with Gasteiger partial charge in [0.2, 0.25) is 0 Å². The number of benzene rings is 2. The molecule has 2 aromatic carbocycles. The molecular weight excluding hydrogens is 210 g/mol. The van der Waals surface area contributed by atoms with Crippen molar-refractivity contribution in [3.05, 3.63) is 59.7 Å². The molecule has 0 aliphatic carbocycles. The third-order valence-electron chi connectivity index (χ3n) is 2.53. The Bertz CT molecular complexity index is 518. The van der Waals surface area contributed by atoms with Crippen LogP contribution in [0.1, 0.15) is 11.1 Å². The summed E-state index contributed by atoms with van der Waals surface area (Å²) in [5.74, 6) is 0.709. The van der Waals surface area contributed by atoms with Crippen LogP contribution in [0.15, 0.2) is 48.5 Å². The molecule has 2 N–H and O–H groups in total. The Labute approximate surface area is 101 Å². The van der Waals surface area contributed by atoms with Crippen LogP contribution >= 0.6 is 0 Å². The molecule has 2 nitrogen and oxygen atoms in total. The topological polar surface area (TPSA) is 35.2 Å². The fourth-order valence-electron chi connectivity index (χ4n) is 1.59. The number of nitrogens with two attached hydrogens (primary N) is 1. The van der Waals surface area contributed by atoms with Crippen molar-refractivity contribution in [3.63, 3.8) is 0 Å². The molecule has 0 aromatic heterocycles. The van der Waals surface area contributed by atoms with Gasteiger partial charge < -0.3 is 10.5 Å². The van der Waals surface area contributed by atoms with Crippen LogP contribution in [-0.4, -0.2) is 7.11 Å². The van der Waals surface area contributed by atoms with Crippen molar-refractivity contribution in [2.75, 3.05) is 12.8 Å². The van der Waals surface area contributed by atoms with E-state index in [1.165, 1.54) is 5.56 Å². The average molecular weight is 225 g/mol. The lowest BCUT2D eigenvalue weighted by atomic mass is 10.1. The van der Waals surface area contributed by atoms with Gasteiger partial charge in [0.25, 0.3) is 0 Å². The van der Waals surface area contributed by atoms with Crippen molar-refractivity contribution >= 4 is 17.8 Å². The maximum atomic E-state index is 5.76. The summed E-state index contributed by atoms with van der Waals surface area (Å²) in [6.45, 7) is 0. The average Bonchev–Trinajstić information content (AvgIpc) is 2.39. The van der Waals surface area contributed by atoms with Crippen LogP contribution in [0, 0.1) is 0 Å². The van der Waals surface area contributed by atoms with E-state index in [4.69, 9.17) is 10.5 Å². The quantitative estimate of drug-likeness (QED) is 0.641. The highest BCUT2D eigenvalue weighted by Gasteiger charge is 1.98. The van der Waals surface area contributed by atoms with Gasteiger partial charge in [-0.1, -0.05) is 48.6 Å². The van der Waals surface area contributed by atoms with Crippen LogP contribution in [-0.2, 0) is 0 Å². The van der Waals surface area contributed by atoms with Gasteiger partial charge in [-0.2, -0.15) is 0 Å². The zero-order chi connectivity index (χ0) is 12.1. The van der Waals surface area contributed by atoms with Crippen LogP contribution in [0.5, 0.6) is 5.75 Å². The van der Waals surface area contributed by atoms with Gasteiger partial charge in [-0.15, -0.1) is 0 Å². The van der Waals surface area contributed by atoms with E-state index in [0.717, 1.165) is 5.56 Å². The Kier molecular flexibility index (Phi) is 3.46. The molecule has 0 aliphatic heterocycles. The first-order valence-electron chi connectivity index (χ1n) is 5.46. The molecule has 86 valence electrons. The minimum Gasteiger partial charge on any atom is -0.495 e. The molecular formula is C15H15NO. The van der Waals surface area contributed by atoms with Crippen molar-refractivity contribution in [1.82, 2.24) is 0 Å². The lowest BCUT2D eigenvalue weighted by Crippen LogP contribution is -1.91. The summed E-state index contributed by atoms with van der Waals surface area (Å²) in [7, 11) is 1.62. The highest BCUT2D eigenvalue weighted by molar-refractivity contribution is 5.72. The second-order valence-electron chi connectivity index (χ2n) is 3.75. The van der Waals surface area contributed by atoms with Crippen molar-refractivity contribution < 1.29 is 4.74 Å². The van der Waals surface area contributed by atoms with Gasteiger partial charge in [0, 0.05) is 0 Å². The van der Waals surface area contributed by atoms with Crippen molar-refractivity contribution in [2.24, 2.45) is 0 Å². The van der Waals surface area contributed by atoms with Crippen LogP contribution in [0.25, 0.3) is 12.2 Å². The van der Waals surface area contributed by atoms with Gasteiger partial charge >= 0.3 is 0 Å². The Morgan fingerprint density at radius 3 is 2.35 bits per heavy atom. The fraction of sp³-hybridized carbons (Fsp3) is 0.0667. The molecule has 2 rings (SSSR count). The van der Waals surface area contributed by atoms with Gasteiger partial charge in [0.1, 0.15) is 5.75 Å². The lowest BCUT2D eigenvalue weighted by Gasteiger charge is -2.04. The molecule has 0 radical (unpaired) electrons. The lowest BCUT2D eigenvalue weighted by molar-refractivity contribution is 0.417. The van der Waals surface area contributed by atoms with E-state index >= 15 is 0 Å². The largest absolute Gasteiger partial charge is 0.495 e. The smallest absolute Gasteiger partial charge is 0.142 e. The highest BCUT2D eigenvalue weighted by Crippen LogP contribution is 2.23. The predicted octanol–water partition coefficient (Wildman–Crippen LogP) is 3.45. The molecule has 17 heavy (non-hydrogen) atoms. The third kappa shape index (κ3) is 2.88. The zero-order valence-electron chi connectivity index (χ0n) is 9.76. The Balaban J connectivity index is 2.22. The molecule has 0 heterocycles. The van der Waals surface area contributed by atoms with Gasteiger partial charge in [-0.25, -0.2) is 0 Å². The number of rotatable bonds is 3. The maximum absolute atomic E-state index is 5.76. The summed E-state index contributed by atoms with van der Waals surface area (Å²) >= 11 is 0. The summed E-state index contributed by atoms with van der Waals surface area (Å²) in [5, 5.41) is 0. The Hall–Kier alpha value is -2.22. The van der Waals surface area contributed by atoms with E-state index in [-0.39, 0.29) is 0 Å². The number of nitrogen functional groups attached to an aromatic ring is 1. The van der Waals surface area contributed by atoms with Crippen LogP contribution in [0.3, 0.4) is 0 Å². The van der Waals surface area contributed by atoms with E-state index < -0.39 is 0 Å². The van der Waals surface area contributed by atoms with Crippen molar-refractivity contribution in [3.8, 4) is 5.75 Å². The third-order valence-corrected chi connectivity index (χ3v) is 2.53. The first kappa shape index (κ1) is 11.3.